The van der Waals surface area contributed by atoms with Gasteiger partial charge in [0.05, 0.1) is 11.6 Å². The summed E-state index contributed by atoms with van der Waals surface area (Å²) in [6.45, 7) is 1.14. The van der Waals surface area contributed by atoms with Gasteiger partial charge in [0.2, 0.25) is 10.0 Å². The van der Waals surface area contributed by atoms with Crippen molar-refractivity contribution < 1.29 is 17.5 Å². The van der Waals surface area contributed by atoms with Crippen molar-refractivity contribution in [3.63, 3.8) is 0 Å². The molecular weight excluding hydrogens is 327 g/mol. The molecule has 1 aliphatic heterocycles. The number of benzene rings is 1. The first-order valence-electron chi connectivity index (χ1n) is 5.20. The number of methoxy groups -OCH3 is 1. The standard InChI is InChI=1S/C10H12BrFN2O3S/c1-17-9-2-7(11)8(12)3-10(9)18(15,16)14-6-4-13-5-6/h2-3,6,13-14H,4-5H2,1H3. The summed E-state index contributed by atoms with van der Waals surface area (Å²) in [5.41, 5.74) is 0. The Kier molecular flexibility index (Phi) is 3.90. The highest BCUT2D eigenvalue weighted by Crippen LogP contribution is 2.30. The Labute approximate surface area is 113 Å². The number of rotatable bonds is 4. The second-order valence-corrected chi connectivity index (χ2v) is 6.43. The first-order chi connectivity index (χ1) is 8.44. The lowest BCUT2D eigenvalue weighted by atomic mass is 10.2. The van der Waals surface area contributed by atoms with Crippen LogP contribution in [0.1, 0.15) is 0 Å². The third-order valence-electron chi connectivity index (χ3n) is 2.60. The van der Waals surface area contributed by atoms with Crippen LogP contribution in [0.4, 0.5) is 4.39 Å². The molecule has 18 heavy (non-hydrogen) atoms. The molecule has 100 valence electrons. The summed E-state index contributed by atoms with van der Waals surface area (Å²) >= 11 is 2.98. The van der Waals surface area contributed by atoms with Crippen LogP contribution in [0.3, 0.4) is 0 Å². The van der Waals surface area contributed by atoms with Crippen LogP contribution in [0.25, 0.3) is 0 Å². The zero-order valence-electron chi connectivity index (χ0n) is 9.54. The van der Waals surface area contributed by atoms with Crippen LogP contribution in [-0.4, -0.2) is 34.7 Å². The molecule has 0 radical (unpaired) electrons. The molecule has 0 unspecified atom stereocenters. The second kappa shape index (κ2) is 5.12. The maximum absolute atomic E-state index is 13.5. The molecule has 0 atom stereocenters. The van der Waals surface area contributed by atoms with Crippen molar-refractivity contribution in [2.24, 2.45) is 0 Å². The number of ether oxygens (including phenoxy) is 1. The van der Waals surface area contributed by atoms with Crippen LogP contribution in [0.5, 0.6) is 5.75 Å². The highest BCUT2D eigenvalue weighted by molar-refractivity contribution is 9.10. The first kappa shape index (κ1) is 13.7. The monoisotopic (exact) mass is 338 g/mol. The number of hydrogen-bond donors (Lipinski definition) is 2. The summed E-state index contributed by atoms with van der Waals surface area (Å²) in [5, 5.41) is 2.94. The molecule has 2 rings (SSSR count). The van der Waals surface area contributed by atoms with Crippen LogP contribution < -0.4 is 14.8 Å². The van der Waals surface area contributed by atoms with Crippen molar-refractivity contribution in [1.82, 2.24) is 10.0 Å². The Morgan fingerprint density at radius 2 is 2.17 bits per heavy atom. The zero-order chi connectivity index (χ0) is 13.3. The molecule has 5 nitrogen and oxygen atoms in total. The van der Waals surface area contributed by atoms with Crippen molar-refractivity contribution in [1.29, 1.82) is 0 Å². The van der Waals surface area contributed by atoms with E-state index in [2.05, 4.69) is 26.0 Å². The van der Waals surface area contributed by atoms with Crippen molar-refractivity contribution in [2.75, 3.05) is 20.2 Å². The molecule has 8 heteroatoms. The Bertz CT molecular complexity index is 560. The highest BCUT2D eigenvalue weighted by Gasteiger charge is 2.27. The molecule has 1 aromatic carbocycles. The quantitative estimate of drug-likeness (QED) is 0.853. The molecule has 1 fully saturated rings. The molecule has 1 heterocycles. The third-order valence-corrected chi connectivity index (χ3v) is 4.75. The van der Waals surface area contributed by atoms with Gasteiger partial charge in [-0.2, -0.15) is 0 Å². The Hall–Kier alpha value is -0.700. The van der Waals surface area contributed by atoms with Gasteiger partial charge in [0.1, 0.15) is 16.5 Å². The van der Waals surface area contributed by atoms with Crippen molar-refractivity contribution in [3.05, 3.63) is 22.4 Å². The van der Waals surface area contributed by atoms with Gasteiger partial charge in [-0.05, 0) is 28.1 Å². The van der Waals surface area contributed by atoms with E-state index in [1.807, 2.05) is 0 Å². The van der Waals surface area contributed by atoms with Crippen LogP contribution in [0.2, 0.25) is 0 Å². The summed E-state index contributed by atoms with van der Waals surface area (Å²) in [5.74, 6) is -0.550. The molecular formula is C10H12BrFN2O3S. The van der Waals surface area contributed by atoms with Crippen LogP contribution in [0, 0.1) is 5.82 Å². The van der Waals surface area contributed by atoms with E-state index in [0.29, 0.717) is 13.1 Å². The molecule has 2 N–H and O–H groups in total. The van der Waals surface area contributed by atoms with E-state index in [-0.39, 0.29) is 21.2 Å². The maximum atomic E-state index is 13.5. The minimum absolute atomic E-state index is 0.100. The summed E-state index contributed by atoms with van der Waals surface area (Å²) < 4.78 is 45.2. The van der Waals surface area contributed by atoms with E-state index in [1.165, 1.54) is 13.2 Å². The van der Waals surface area contributed by atoms with Crippen LogP contribution in [-0.2, 0) is 10.0 Å². The van der Waals surface area contributed by atoms with Crippen LogP contribution in [0.15, 0.2) is 21.5 Å². The van der Waals surface area contributed by atoms with Crippen molar-refractivity contribution in [3.8, 4) is 5.75 Å². The predicted molar refractivity (Wildman–Crippen MR) is 67.6 cm³/mol. The smallest absolute Gasteiger partial charge is 0.244 e. The van der Waals surface area contributed by atoms with Gasteiger partial charge in [-0.3, -0.25) is 0 Å². The minimum atomic E-state index is -3.78. The van der Waals surface area contributed by atoms with E-state index < -0.39 is 15.8 Å². The normalized spacial score (nSPS) is 16.4. The van der Waals surface area contributed by atoms with Gasteiger partial charge in [-0.15, -0.1) is 0 Å². The largest absolute Gasteiger partial charge is 0.495 e. The van der Waals surface area contributed by atoms with Crippen molar-refractivity contribution >= 4 is 26.0 Å². The highest BCUT2D eigenvalue weighted by atomic mass is 79.9. The van der Waals surface area contributed by atoms with E-state index in [1.54, 1.807) is 0 Å². The fourth-order valence-corrected chi connectivity index (χ4v) is 3.26. The van der Waals surface area contributed by atoms with Gasteiger partial charge in [0.25, 0.3) is 0 Å². The molecule has 1 aromatic rings. The topological polar surface area (TPSA) is 67.4 Å². The lowest BCUT2D eigenvalue weighted by Gasteiger charge is -2.27. The van der Waals surface area contributed by atoms with E-state index in [4.69, 9.17) is 4.74 Å². The summed E-state index contributed by atoms with van der Waals surface area (Å²) in [6, 6.07) is 2.08. The second-order valence-electron chi connectivity index (χ2n) is 3.89. The average Bonchev–Trinajstić information content (AvgIpc) is 2.27. The molecule has 1 aliphatic rings. The van der Waals surface area contributed by atoms with E-state index >= 15 is 0 Å². The predicted octanol–water partition coefficient (Wildman–Crippen LogP) is 0.847. The van der Waals surface area contributed by atoms with Gasteiger partial charge in [0.15, 0.2) is 0 Å². The Morgan fingerprint density at radius 1 is 1.50 bits per heavy atom. The van der Waals surface area contributed by atoms with Gasteiger partial charge < -0.3 is 10.1 Å². The maximum Gasteiger partial charge on any atom is 0.244 e. The summed E-state index contributed by atoms with van der Waals surface area (Å²) in [6.07, 6.45) is 0. The fourth-order valence-electron chi connectivity index (χ4n) is 1.53. The molecule has 0 aliphatic carbocycles. The Morgan fingerprint density at radius 3 is 2.67 bits per heavy atom. The van der Waals surface area contributed by atoms with Crippen LogP contribution >= 0.6 is 15.9 Å². The van der Waals surface area contributed by atoms with Gasteiger partial charge >= 0.3 is 0 Å². The molecule has 0 amide bonds. The van der Waals surface area contributed by atoms with Gasteiger partial charge in [-0.1, -0.05) is 0 Å². The van der Waals surface area contributed by atoms with E-state index in [9.17, 15) is 12.8 Å². The molecule has 0 spiro atoms. The Balaban J connectivity index is 2.38. The van der Waals surface area contributed by atoms with Gasteiger partial charge in [-0.25, -0.2) is 17.5 Å². The molecule has 1 saturated heterocycles. The van der Waals surface area contributed by atoms with Gasteiger partial charge in [0, 0.05) is 19.1 Å². The van der Waals surface area contributed by atoms with E-state index in [0.717, 1.165) is 6.07 Å². The summed E-state index contributed by atoms with van der Waals surface area (Å²) in [4.78, 5) is -0.197. The number of halogens is 2. The minimum Gasteiger partial charge on any atom is -0.495 e. The SMILES string of the molecule is COc1cc(Br)c(F)cc1S(=O)(=O)NC1CNC1. The molecule has 0 aromatic heterocycles. The number of sulfonamides is 1. The van der Waals surface area contributed by atoms with Crippen molar-refractivity contribution in [2.45, 2.75) is 10.9 Å². The fraction of sp³-hybridized carbons (Fsp3) is 0.400. The number of hydrogen-bond acceptors (Lipinski definition) is 4. The zero-order valence-corrected chi connectivity index (χ0v) is 11.9. The average molecular weight is 339 g/mol. The number of nitrogens with one attached hydrogen (secondary N) is 2. The lowest BCUT2D eigenvalue weighted by molar-refractivity contribution is 0.393. The molecule has 0 bridgehead atoms. The third kappa shape index (κ3) is 2.66. The summed E-state index contributed by atoms with van der Waals surface area (Å²) in [7, 11) is -2.44. The lowest BCUT2D eigenvalue weighted by Crippen LogP contribution is -2.56. The molecule has 0 saturated carbocycles. The first-order valence-corrected chi connectivity index (χ1v) is 7.48.